The Balaban J connectivity index is 1.33. The van der Waals surface area contributed by atoms with E-state index < -0.39 is 0 Å². The Morgan fingerprint density at radius 1 is 1.00 bits per heavy atom. The topological polar surface area (TPSA) is 83.9 Å². The third-order valence-corrected chi connectivity index (χ3v) is 6.56. The number of rotatable bonds is 3. The van der Waals surface area contributed by atoms with Gasteiger partial charge in [0.05, 0.1) is 20.3 Å². The second-order valence-corrected chi connectivity index (χ2v) is 8.26. The van der Waals surface area contributed by atoms with Gasteiger partial charge in [-0.15, -0.1) is 0 Å². The number of hydrogen-bond acceptors (Lipinski definition) is 8. The average Bonchev–Trinajstić information content (AvgIpc) is 3.29. The highest BCUT2D eigenvalue weighted by atomic mass is 32.1. The molecule has 0 atom stereocenters. The Labute approximate surface area is 184 Å². The van der Waals surface area contributed by atoms with Crippen molar-refractivity contribution in [3.8, 4) is 17.0 Å². The molecule has 0 saturated carbocycles. The van der Waals surface area contributed by atoms with Crippen LogP contribution in [0.25, 0.3) is 21.5 Å². The molecule has 2 fully saturated rings. The quantitative estimate of drug-likeness (QED) is 0.618. The monoisotopic (exact) mass is 440 g/mol. The van der Waals surface area contributed by atoms with Crippen molar-refractivity contribution in [3.05, 3.63) is 30.6 Å². The minimum absolute atomic E-state index is 0.107. The van der Waals surface area contributed by atoms with Gasteiger partial charge in [0, 0.05) is 44.8 Å². The van der Waals surface area contributed by atoms with Gasteiger partial charge in [0.1, 0.15) is 28.0 Å². The number of urea groups is 1. The molecule has 0 radical (unpaired) electrons. The van der Waals surface area contributed by atoms with Crippen molar-refractivity contribution in [2.45, 2.75) is 0 Å². The van der Waals surface area contributed by atoms with Crippen molar-refractivity contribution in [3.63, 3.8) is 0 Å². The van der Waals surface area contributed by atoms with E-state index in [1.165, 1.54) is 11.5 Å². The fraction of sp³-hybridized carbons (Fsp3) is 0.429. The van der Waals surface area contributed by atoms with E-state index in [0.29, 0.717) is 39.4 Å². The van der Waals surface area contributed by atoms with Crippen molar-refractivity contribution in [2.24, 2.45) is 0 Å². The molecule has 4 heterocycles. The first-order valence-corrected chi connectivity index (χ1v) is 11.1. The maximum Gasteiger partial charge on any atom is 0.320 e. The van der Waals surface area contributed by atoms with E-state index >= 15 is 0 Å². The zero-order valence-electron chi connectivity index (χ0n) is 17.4. The van der Waals surface area contributed by atoms with E-state index in [1.807, 2.05) is 34.1 Å². The smallest absolute Gasteiger partial charge is 0.320 e. The third-order valence-electron chi connectivity index (χ3n) is 5.73. The lowest BCUT2D eigenvalue weighted by Gasteiger charge is -2.38. The van der Waals surface area contributed by atoms with Gasteiger partial charge in [-0.05, 0) is 35.8 Å². The van der Waals surface area contributed by atoms with Crippen molar-refractivity contribution in [1.29, 1.82) is 0 Å². The highest BCUT2D eigenvalue weighted by molar-refractivity contribution is 7.14. The zero-order valence-corrected chi connectivity index (χ0v) is 18.2. The first kappa shape index (κ1) is 20.0. The summed E-state index contributed by atoms with van der Waals surface area (Å²) < 4.78 is 16.2. The number of ether oxygens (including phenoxy) is 2. The van der Waals surface area contributed by atoms with Crippen LogP contribution in [0.1, 0.15) is 0 Å². The van der Waals surface area contributed by atoms with Crippen LogP contribution in [0.3, 0.4) is 0 Å². The highest BCUT2D eigenvalue weighted by Gasteiger charge is 2.28. The number of amides is 2. The van der Waals surface area contributed by atoms with E-state index in [9.17, 15) is 4.79 Å². The van der Waals surface area contributed by atoms with Crippen LogP contribution in [0, 0.1) is 0 Å². The first-order chi connectivity index (χ1) is 15.2. The molecule has 2 amide bonds. The van der Waals surface area contributed by atoms with E-state index in [4.69, 9.17) is 9.47 Å². The molecule has 1 aromatic carbocycles. The predicted octanol–water partition coefficient (Wildman–Crippen LogP) is 2.34. The van der Waals surface area contributed by atoms with Gasteiger partial charge < -0.3 is 24.2 Å². The van der Waals surface area contributed by atoms with E-state index in [2.05, 4.69) is 19.2 Å². The molecule has 10 heteroatoms. The van der Waals surface area contributed by atoms with Gasteiger partial charge in [0.25, 0.3) is 0 Å². The Bertz CT molecular complexity index is 1060. The molecule has 2 aliphatic heterocycles. The number of carbonyl (C=O) groups is 1. The van der Waals surface area contributed by atoms with Crippen LogP contribution in [-0.2, 0) is 4.74 Å². The van der Waals surface area contributed by atoms with Gasteiger partial charge >= 0.3 is 6.03 Å². The molecule has 0 aliphatic carbocycles. The minimum atomic E-state index is 0.107. The first-order valence-electron chi connectivity index (χ1n) is 10.4. The van der Waals surface area contributed by atoms with Crippen LogP contribution in [0.2, 0.25) is 0 Å². The number of nitrogens with zero attached hydrogens (tertiary/aromatic N) is 6. The summed E-state index contributed by atoms with van der Waals surface area (Å²) in [4.78, 5) is 27.9. The summed E-state index contributed by atoms with van der Waals surface area (Å²) in [6.45, 7) is 5.38. The van der Waals surface area contributed by atoms with Crippen LogP contribution in [-0.4, -0.2) is 89.8 Å². The standard InChI is InChI=1S/C21H24N6O3S/c1-29-16-4-2-15(3-5-16)17-18-19(31-24-17)20(23-14-22-18)25-6-8-26(9-7-25)21(28)27-10-12-30-13-11-27/h2-5,14H,6-13H2,1H3. The maximum atomic E-state index is 12.7. The van der Waals surface area contributed by atoms with Gasteiger partial charge in [0.15, 0.2) is 5.82 Å². The number of benzene rings is 1. The number of carbonyl (C=O) groups excluding carboxylic acids is 1. The van der Waals surface area contributed by atoms with Crippen LogP contribution in [0.15, 0.2) is 30.6 Å². The lowest BCUT2D eigenvalue weighted by molar-refractivity contribution is 0.0428. The summed E-state index contributed by atoms with van der Waals surface area (Å²) >= 11 is 1.42. The Hall–Kier alpha value is -2.98. The fourth-order valence-corrected chi connectivity index (χ4v) is 4.85. The van der Waals surface area contributed by atoms with Crippen LogP contribution in [0.4, 0.5) is 10.6 Å². The van der Waals surface area contributed by atoms with Crippen molar-refractivity contribution in [1.82, 2.24) is 24.1 Å². The molecule has 0 bridgehead atoms. The number of piperazine rings is 1. The number of anilines is 1. The molecule has 2 aliphatic rings. The average molecular weight is 441 g/mol. The van der Waals surface area contributed by atoms with Crippen LogP contribution in [0.5, 0.6) is 5.75 Å². The third kappa shape index (κ3) is 3.88. The Morgan fingerprint density at radius 2 is 1.71 bits per heavy atom. The fourth-order valence-electron chi connectivity index (χ4n) is 3.98. The summed E-state index contributed by atoms with van der Waals surface area (Å²) in [6, 6.07) is 7.94. The molecule has 0 N–H and O–H groups in total. The summed E-state index contributed by atoms with van der Waals surface area (Å²) in [7, 11) is 1.65. The van der Waals surface area contributed by atoms with E-state index in [0.717, 1.165) is 46.1 Å². The summed E-state index contributed by atoms with van der Waals surface area (Å²) in [6.07, 6.45) is 1.60. The molecule has 0 spiro atoms. The predicted molar refractivity (Wildman–Crippen MR) is 119 cm³/mol. The summed E-state index contributed by atoms with van der Waals surface area (Å²) in [5.41, 5.74) is 2.71. The SMILES string of the molecule is COc1ccc(-c2nsc3c(N4CCN(C(=O)N5CCOCC5)CC4)ncnc23)cc1. The van der Waals surface area contributed by atoms with E-state index in [-0.39, 0.29) is 6.03 Å². The second kappa shape index (κ2) is 8.64. The number of aromatic nitrogens is 3. The lowest BCUT2D eigenvalue weighted by atomic mass is 10.1. The van der Waals surface area contributed by atoms with Gasteiger partial charge in [-0.1, -0.05) is 0 Å². The Morgan fingerprint density at radius 3 is 2.42 bits per heavy atom. The highest BCUT2D eigenvalue weighted by Crippen LogP contribution is 2.35. The number of hydrogen-bond donors (Lipinski definition) is 0. The van der Waals surface area contributed by atoms with Crippen molar-refractivity contribution in [2.75, 3.05) is 64.5 Å². The largest absolute Gasteiger partial charge is 0.497 e. The normalized spacial score (nSPS) is 17.3. The summed E-state index contributed by atoms with van der Waals surface area (Å²) in [5, 5.41) is 0. The molecular formula is C21H24N6O3S. The van der Waals surface area contributed by atoms with Crippen LogP contribution < -0.4 is 9.64 Å². The molecule has 9 nitrogen and oxygen atoms in total. The molecule has 0 unspecified atom stereocenters. The maximum absolute atomic E-state index is 12.7. The van der Waals surface area contributed by atoms with Gasteiger partial charge in [-0.3, -0.25) is 0 Å². The number of fused-ring (bicyclic) bond motifs is 1. The number of methoxy groups -OCH3 is 1. The van der Waals surface area contributed by atoms with Crippen molar-refractivity contribution < 1.29 is 14.3 Å². The van der Waals surface area contributed by atoms with Gasteiger partial charge in [0.2, 0.25) is 0 Å². The van der Waals surface area contributed by atoms with Gasteiger partial charge in [-0.25, -0.2) is 14.8 Å². The molecule has 3 aromatic rings. The molecule has 5 rings (SSSR count). The molecule has 2 saturated heterocycles. The van der Waals surface area contributed by atoms with E-state index in [1.54, 1.807) is 13.4 Å². The molecule has 31 heavy (non-hydrogen) atoms. The lowest BCUT2D eigenvalue weighted by Crippen LogP contribution is -2.55. The molecule has 162 valence electrons. The molecular weight excluding hydrogens is 416 g/mol. The van der Waals surface area contributed by atoms with Crippen molar-refractivity contribution >= 4 is 33.6 Å². The molecule has 2 aromatic heterocycles. The van der Waals surface area contributed by atoms with Crippen LogP contribution >= 0.6 is 11.5 Å². The minimum Gasteiger partial charge on any atom is -0.497 e. The summed E-state index contributed by atoms with van der Waals surface area (Å²) in [5.74, 6) is 1.70. The number of morpholine rings is 1. The zero-order chi connectivity index (χ0) is 21.2. The Kier molecular flexibility index (Phi) is 5.56. The van der Waals surface area contributed by atoms with Gasteiger partial charge in [-0.2, -0.15) is 4.37 Å². The second-order valence-electron chi connectivity index (χ2n) is 7.49.